The zero-order valence-electron chi connectivity index (χ0n) is 19.7. The Balaban J connectivity index is 2.34. The van der Waals surface area contributed by atoms with Crippen molar-refractivity contribution >= 4 is 17.4 Å². The molecule has 0 spiro atoms. The highest BCUT2D eigenvalue weighted by molar-refractivity contribution is 6.03. The molecular formula is C26H24F3N3O3. The van der Waals surface area contributed by atoms with Gasteiger partial charge in [-0.2, -0.15) is 18.4 Å². The van der Waals surface area contributed by atoms with Crippen LogP contribution in [0.1, 0.15) is 48.9 Å². The average molecular weight is 483 g/mol. The van der Waals surface area contributed by atoms with Crippen LogP contribution in [0.4, 0.5) is 18.9 Å². The molecule has 2 aromatic rings. The van der Waals surface area contributed by atoms with Crippen molar-refractivity contribution in [3.05, 3.63) is 87.4 Å². The number of ether oxygens (including phenoxy) is 1. The van der Waals surface area contributed by atoms with E-state index in [0.29, 0.717) is 16.7 Å². The second-order valence-corrected chi connectivity index (χ2v) is 8.13. The third-order valence-electron chi connectivity index (χ3n) is 5.71. The highest BCUT2D eigenvalue weighted by atomic mass is 19.4. The molecule has 9 heteroatoms. The Kier molecular flexibility index (Phi) is 7.06. The van der Waals surface area contributed by atoms with Crippen LogP contribution in [0.25, 0.3) is 0 Å². The van der Waals surface area contributed by atoms with Crippen molar-refractivity contribution in [2.45, 2.75) is 39.8 Å². The van der Waals surface area contributed by atoms with E-state index in [9.17, 15) is 22.8 Å². The van der Waals surface area contributed by atoms with E-state index in [1.807, 2.05) is 6.07 Å². The summed E-state index contributed by atoms with van der Waals surface area (Å²) in [6.45, 7) is 6.03. The van der Waals surface area contributed by atoms with E-state index in [-0.39, 0.29) is 40.7 Å². The molecule has 0 amide bonds. The first-order valence-electron chi connectivity index (χ1n) is 10.8. The number of carbonyl (C=O) groups is 2. The summed E-state index contributed by atoms with van der Waals surface area (Å²) in [5, 5.41) is 9.13. The Labute approximate surface area is 201 Å². The summed E-state index contributed by atoms with van der Waals surface area (Å²) in [5.74, 6) is -2.25. The van der Waals surface area contributed by atoms with Gasteiger partial charge in [0, 0.05) is 17.0 Å². The lowest BCUT2D eigenvalue weighted by atomic mass is 9.79. The highest BCUT2D eigenvalue weighted by Gasteiger charge is 2.40. The molecular weight excluding hydrogens is 459 g/mol. The maximum absolute atomic E-state index is 13.5. The van der Waals surface area contributed by atoms with E-state index in [1.54, 1.807) is 38.1 Å². The van der Waals surface area contributed by atoms with E-state index in [1.165, 1.54) is 24.8 Å². The number of carbonyl (C=O) groups excluding carboxylic acids is 2. The van der Waals surface area contributed by atoms with Gasteiger partial charge in [0.1, 0.15) is 5.82 Å². The number of hydrogen-bond donors (Lipinski definition) is 1. The molecule has 2 N–H and O–H groups in total. The molecule has 0 saturated heterocycles. The van der Waals surface area contributed by atoms with Gasteiger partial charge >= 0.3 is 12.1 Å². The minimum atomic E-state index is -4.61. The van der Waals surface area contributed by atoms with Gasteiger partial charge in [-0.15, -0.1) is 0 Å². The van der Waals surface area contributed by atoms with Crippen molar-refractivity contribution in [1.29, 1.82) is 5.26 Å². The summed E-state index contributed by atoms with van der Waals surface area (Å²) in [7, 11) is 0. The van der Waals surface area contributed by atoms with Crippen LogP contribution in [0.3, 0.4) is 0 Å². The molecule has 1 atom stereocenters. The van der Waals surface area contributed by atoms with Gasteiger partial charge in [0.15, 0.2) is 5.78 Å². The van der Waals surface area contributed by atoms with Crippen LogP contribution in [-0.2, 0) is 20.5 Å². The maximum atomic E-state index is 13.5. The maximum Gasteiger partial charge on any atom is 0.416 e. The Bertz CT molecular complexity index is 1290. The number of allylic oxidation sites excluding steroid dienone is 2. The number of halogens is 3. The number of rotatable bonds is 5. The molecule has 3 rings (SSSR count). The van der Waals surface area contributed by atoms with Crippen LogP contribution in [0.15, 0.2) is 65.1 Å². The lowest BCUT2D eigenvalue weighted by Gasteiger charge is -2.37. The predicted molar refractivity (Wildman–Crippen MR) is 124 cm³/mol. The summed E-state index contributed by atoms with van der Waals surface area (Å²) in [4.78, 5) is 27.3. The summed E-state index contributed by atoms with van der Waals surface area (Å²) >= 11 is 0. The van der Waals surface area contributed by atoms with Crippen molar-refractivity contribution in [3.63, 3.8) is 0 Å². The quantitative estimate of drug-likeness (QED) is 0.596. The molecule has 0 aliphatic carbocycles. The van der Waals surface area contributed by atoms with Crippen molar-refractivity contribution < 1.29 is 27.5 Å². The van der Waals surface area contributed by atoms with Gasteiger partial charge < -0.3 is 15.4 Å². The molecule has 0 saturated carbocycles. The number of aryl methyl sites for hydroxylation is 1. The average Bonchev–Trinajstić information content (AvgIpc) is 2.77. The highest BCUT2D eigenvalue weighted by Crippen LogP contribution is 2.44. The minimum absolute atomic E-state index is 0.0243. The van der Waals surface area contributed by atoms with E-state index in [4.69, 9.17) is 15.7 Å². The van der Waals surface area contributed by atoms with Crippen LogP contribution in [0.5, 0.6) is 0 Å². The first kappa shape index (κ1) is 25.6. The Morgan fingerprint density at radius 1 is 1.11 bits per heavy atom. The van der Waals surface area contributed by atoms with E-state index in [0.717, 1.165) is 12.1 Å². The number of Topliss-reactive ketones (excluding diaryl/α,β-unsaturated/α-hetero) is 1. The molecule has 35 heavy (non-hydrogen) atoms. The van der Waals surface area contributed by atoms with E-state index in [2.05, 4.69) is 0 Å². The summed E-state index contributed by atoms with van der Waals surface area (Å²) in [5.41, 5.74) is 7.26. The summed E-state index contributed by atoms with van der Waals surface area (Å²) in [6, 6.07) is 11.7. The molecule has 1 heterocycles. The molecule has 0 aromatic heterocycles. The second kappa shape index (κ2) is 9.66. The lowest BCUT2D eigenvalue weighted by Crippen LogP contribution is -2.38. The van der Waals surface area contributed by atoms with Crippen LogP contribution in [0, 0.1) is 18.3 Å². The molecule has 0 bridgehead atoms. The standard InChI is InChI=1S/C26H24F3N3O3/c1-5-35-25(34)23-22(18-8-6-17(13-30)7-9-18)21(16(4)33)15(3)32(24(23)31)20-11-14(2)10-19(12-20)26(27,28)29/h6-12,22H,5,31H2,1-4H3. The third kappa shape index (κ3) is 4.92. The SMILES string of the molecule is CCOC(=O)C1=C(N)N(c2cc(C)cc(C(F)(F)F)c2)C(C)=C(C(C)=O)C1c1ccc(C#N)cc1. The molecule has 1 aliphatic heterocycles. The van der Waals surface area contributed by atoms with Gasteiger partial charge in [-0.1, -0.05) is 12.1 Å². The van der Waals surface area contributed by atoms with Gasteiger partial charge in [0.05, 0.1) is 35.3 Å². The van der Waals surface area contributed by atoms with Gasteiger partial charge in [-0.05, 0) is 69.2 Å². The summed E-state index contributed by atoms with van der Waals surface area (Å²) < 4.78 is 45.8. The number of nitrogens with zero attached hydrogens (tertiary/aromatic N) is 2. The number of nitrogens with two attached hydrogens (primary N) is 1. The van der Waals surface area contributed by atoms with Crippen LogP contribution in [0.2, 0.25) is 0 Å². The van der Waals surface area contributed by atoms with Crippen molar-refractivity contribution in [2.75, 3.05) is 11.5 Å². The number of benzene rings is 2. The number of alkyl halides is 3. The van der Waals surface area contributed by atoms with Crippen molar-refractivity contribution in [1.82, 2.24) is 0 Å². The van der Waals surface area contributed by atoms with Crippen LogP contribution >= 0.6 is 0 Å². The molecule has 0 fully saturated rings. The number of esters is 1. The molecule has 6 nitrogen and oxygen atoms in total. The fourth-order valence-electron chi connectivity index (χ4n) is 4.28. The Morgan fingerprint density at radius 3 is 2.26 bits per heavy atom. The fraction of sp³-hybridized carbons (Fsp3) is 0.269. The normalized spacial score (nSPS) is 16.3. The zero-order chi connectivity index (χ0) is 26.1. The van der Waals surface area contributed by atoms with Gasteiger partial charge in [0.2, 0.25) is 0 Å². The zero-order valence-corrected chi connectivity index (χ0v) is 19.7. The smallest absolute Gasteiger partial charge is 0.416 e. The summed E-state index contributed by atoms with van der Waals surface area (Å²) in [6.07, 6.45) is -4.61. The van der Waals surface area contributed by atoms with E-state index < -0.39 is 23.6 Å². The van der Waals surface area contributed by atoms with Gasteiger partial charge in [-0.3, -0.25) is 4.79 Å². The van der Waals surface area contributed by atoms with Crippen molar-refractivity contribution in [3.8, 4) is 6.07 Å². The first-order chi connectivity index (χ1) is 16.4. The third-order valence-corrected chi connectivity index (χ3v) is 5.71. The van der Waals surface area contributed by atoms with Gasteiger partial charge in [0.25, 0.3) is 0 Å². The van der Waals surface area contributed by atoms with E-state index >= 15 is 0 Å². The number of ketones is 1. The Hall–Kier alpha value is -4.06. The molecule has 0 radical (unpaired) electrons. The first-order valence-corrected chi connectivity index (χ1v) is 10.8. The number of anilines is 1. The fourth-order valence-corrected chi connectivity index (χ4v) is 4.28. The molecule has 182 valence electrons. The largest absolute Gasteiger partial charge is 0.463 e. The number of nitriles is 1. The minimum Gasteiger partial charge on any atom is -0.463 e. The second-order valence-electron chi connectivity index (χ2n) is 8.13. The predicted octanol–water partition coefficient (Wildman–Crippen LogP) is 5.09. The van der Waals surface area contributed by atoms with Gasteiger partial charge in [-0.25, -0.2) is 4.79 Å². The lowest BCUT2D eigenvalue weighted by molar-refractivity contribution is -0.139. The monoisotopic (exact) mass is 483 g/mol. The van der Waals surface area contributed by atoms with Crippen LogP contribution in [-0.4, -0.2) is 18.4 Å². The molecule has 2 aromatic carbocycles. The Morgan fingerprint density at radius 2 is 1.74 bits per heavy atom. The molecule has 1 unspecified atom stereocenters. The van der Waals surface area contributed by atoms with Crippen LogP contribution < -0.4 is 10.6 Å². The topological polar surface area (TPSA) is 96.4 Å². The molecule has 1 aliphatic rings. The van der Waals surface area contributed by atoms with Crippen molar-refractivity contribution in [2.24, 2.45) is 5.73 Å². The number of hydrogen-bond acceptors (Lipinski definition) is 6.